The summed E-state index contributed by atoms with van der Waals surface area (Å²) < 4.78 is 0. The molecule has 0 radical (unpaired) electrons. The van der Waals surface area contributed by atoms with Gasteiger partial charge in [-0.25, -0.2) is 0 Å². The second-order valence-corrected chi connectivity index (χ2v) is 5.11. The first-order valence-electron chi connectivity index (χ1n) is 6.70. The highest BCUT2D eigenvalue weighted by Gasteiger charge is 2.23. The summed E-state index contributed by atoms with van der Waals surface area (Å²) >= 11 is 0. The number of unbranched alkanes of at least 4 members (excludes halogenated alkanes) is 3. The van der Waals surface area contributed by atoms with Gasteiger partial charge in [0.05, 0.1) is 0 Å². The molecule has 1 saturated heterocycles. The van der Waals surface area contributed by atoms with Crippen molar-refractivity contribution in [2.75, 3.05) is 26.2 Å². The molecule has 0 spiro atoms. The first-order chi connectivity index (χ1) is 7.25. The van der Waals surface area contributed by atoms with Crippen LogP contribution in [0.25, 0.3) is 0 Å². The van der Waals surface area contributed by atoms with Gasteiger partial charge in [-0.2, -0.15) is 0 Å². The molecular weight excluding hydrogens is 184 g/mol. The van der Waals surface area contributed by atoms with Gasteiger partial charge in [0, 0.05) is 25.7 Å². The lowest BCUT2D eigenvalue weighted by Gasteiger charge is -2.38. The van der Waals surface area contributed by atoms with Crippen molar-refractivity contribution >= 4 is 0 Å². The Hall–Kier alpha value is -0.0800. The summed E-state index contributed by atoms with van der Waals surface area (Å²) in [5.74, 6) is 0.781. The Balaban J connectivity index is 2.23. The summed E-state index contributed by atoms with van der Waals surface area (Å²) in [5, 5.41) is 3.51. The zero-order chi connectivity index (χ0) is 11.1. The van der Waals surface area contributed by atoms with Crippen LogP contribution in [0, 0.1) is 5.92 Å². The largest absolute Gasteiger partial charge is 0.314 e. The molecule has 1 heterocycles. The maximum absolute atomic E-state index is 3.51. The van der Waals surface area contributed by atoms with Gasteiger partial charge in [0.15, 0.2) is 0 Å². The van der Waals surface area contributed by atoms with Gasteiger partial charge in [-0.1, -0.05) is 40.0 Å². The topological polar surface area (TPSA) is 15.3 Å². The monoisotopic (exact) mass is 212 g/mol. The Morgan fingerprint density at radius 1 is 1.27 bits per heavy atom. The molecule has 1 aliphatic heterocycles. The van der Waals surface area contributed by atoms with E-state index in [1.165, 1.54) is 51.9 Å². The molecule has 90 valence electrons. The van der Waals surface area contributed by atoms with Crippen LogP contribution < -0.4 is 5.32 Å². The molecule has 0 amide bonds. The van der Waals surface area contributed by atoms with Gasteiger partial charge in [-0.05, 0) is 18.9 Å². The third kappa shape index (κ3) is 4.52. The SMILES string of the molecule is CCCCCCN1CCNCC1C(C)C. The van der Waals surface area contributed by atoms with Crippen LogP contribution in [0.1, 0.15) is 46.5 Å². The van der Waals surface area contributed by atoms with E-state index < -0.39 is 0 Å². The number of hydrogen-bond donors (Lipinski definition) is 1. The van der Waals surface area contributed by atoms with E-state index in [1.54, 1.807) is 0 Å². The van der Waals surface area contributed by atoms with Gasteiger partial charge in [0.25, 0.3) is 0 Å². The fourth-order valence-corrected chi connectivity index (χ4v) is 2.44. The summed E-state index contributed by atoms with van der Waals surface area (Å²) in [5.41, 5.74) is 0. The third-order valence-electron chi connectivity index (χ3n) is 3.47. The van der Waals surface area contributed by atoms with Gasteiger partial charge < -0.3 is 5.32 Å². The zero-order valence-electron chi connectivity index (χ0n) is 10.8. The second-order valence-electron chi connectivity index (χ2n) is 5.11. The number of piperazine rings is 1. The Morgan fingerprint density at radius 2 is 2.07 bits per heavy atom. The molecule has 1 fully saturated rings. The Bertz CT molecular complexity index is 157. The van der Waals surface area contributed by atoms with E-state index in [0.29, 0.717) is 0 Å². The number of nitrogens with one attached hydrogen (secondary N) is 1. The van der Waals surface area contributed by atoms with Gasteiger partial charge in [0.2, 0.25) is 0 Å². The van der Waals surface area contributed by atoms with Crippen molar-refractivity contribution < 1.29 is 0 Å². The number of hydrogen-bond acceptors (Lipinski definition) is 2. The lowest BCUT2D eigenvalue weighted by Crippen LogP contribution is -2.53. The quantitative estimate of drug-likeness (QED) is 0.681. The van der Waals surface area contributed by atoms with Crippen LogP contribution in [0.2, 0.25) is 0 Å². The smallest absolute Gasteiger partial charge is 0.0244 e. The highest BCUT2D eigenvalue weighted by molar-refractivity contribution is 4.81. The molecular formula is C13H28N2. The standard InChI is InChI=1S/C13H28N2/c1-4-5-6-7-9-15-10-8-14-11-13(15)12(2)3/h12-14H,4-11H2,1-3H3. The fraction of sp³-hybridized carbons (Fsp3) is 1.00. The molecule has 0 bridgehead atoms. The van der Waals surface area contributed by atoms with Crippen LogP contribution in [-0.4, -0.2) is 37.1 Å². The Morgan fingerprint density at radius 3 is 2.73 bits per heavy atom. The molecule has 0 aromatic heterocycles. The van der Waals surface area contributed by atoms with Crippen LogP contribution in [0.5, 0.6) is 0 Å². The van der Waals surface area contributed by atoms with Crippen molar-refractivity contribution in [3.63, 3.8) is 0 Å². The van der Waals surface area contributed by atoms with Gasteiger partial charge in [-0.3, -0.25) is 4.90 Å². The van der Waals surface area contributed by atoms with Crippen LogP contribution >= 0.6 is 0 Å². The molecule has 1 atom stereocenters. The average molecular weight is 212 g/mol. The van der Waals surface area contributed by atoms with Gasteiger partial charge in [-0.15, -0.1) is 0 Å². The lowest BCUT2D eigenvalue weighted by molar-refractivity contribution is 0.122. The van der Waals surface area contributed by atoms with Gasteiger partial charge in [0.1, 0.15) is 0 Å². The van der Waals surface area contributed by atoms with E-state index in [-0.39, 0.29) is 0 Å². The van der Waals surface area contributed by atoms with E-state index in [9.17, 15) is 0 Å². The van der Waals surface area contributed by atoms with Crippen molar-refractivity contribution in [3.8, 4) is 0 Å². The van der Waals surface area contributed by atoms with Crippen molar-refractivity contribution in [1.82, 2.24) is 10.2 Å². The highest BCUT2D eigenvalue weighted by Crippen LogP contribution is 2.14. The first kappa shape index (κ1) is 13.0. The van der Waals surface area contributed by atoms with Crippen LogP contribution in [-0.2, 0) is 0 Å². The number of rotatable bonds is 6. The van der Waals surface area contributed by atoms with E-state index in [4.69, 9.17) is 0 Å². The minimum atomic E-state index is 0.764. The molecule has 2 nitrogen and oxygen atoms in total. The summed E-state index contributed by atoms with van der Waals surface area (Å²) in [6, 6.07) is 0.764. The minimum Gasteiger partial charge on any atom is -0.314 e. The lowest BCUT2D eigenvalue weighted by atomic mass is 10.00. The molecule has 1 aliphatic rings. The molecule has 15 heavy (non-hydrogen) atoms. The minimum absolute atomic E-state index is 0.764. The predicted molar refractivity (Wildman–Crippen MR) is 67.2 cm³/mol. The first-order valence-corrected chi connectivity index (χ1v) is 6.70. The van der Waals surface area contributed by atoms with E-state index in [0.717, 1.165) is 12.0 Å². The fourth-order valence-electron chi connectivity index (χ4n) is 2.44. The maximum atomic E-state index is 3.51. The van der Waals surface area contributed by atoms with E-state index >= 15 is 0 Å². The molecule has 1 rings (SSSR count). The van der Waals surface area contributed by atoms with Crippen LogP contribution in [0.4, 0.5) is 0 Å². The van der Waals surface area contributed by atoms with Crippen LogP contribution in [0.15, 0.2) is 0 Å². The summed E-state index contributed by atoms with van der Waals surface area (Å²) in [4.78, 5) is 2.69. The molecule has 0 aromatic carbocycles. The van der Waals surface area contributed by atoms with Crippen molar-refractivity contribution in [3.05, 3.63) is 0 Å². The average Bonchev–Trinajstić information content (AvgIpc) is 2.25. The summed E-state index contributed by atoms with van der Waals surface area (Å²) in [6.45, 7) is 11.9. The molecule has 0 saturated carbocycles. The van der Waals surface area contributed by atoms with Crippen molar-refractivity contribution in [1.29, 1.82) is 0 Å². The molecule has 0 aromatic rings. The predicted octanol–water partition coefficient (Wildman–Crippen LogP) is 2.50. The van der Waals surface area contributed by atoms with Gasteiger partial charge >= 0.3 is 0 Å². The molecule has 1 N–H and O–H groups in total. The molecule has 2 heteroatoms. The number of nitrogens with zero attached hydrogens (tertiary/aromatic N) is 1. The van der Waals surface area contributed by atoms with Crippen molar-refractivity contribution in [2.24, 2.45) is 5.92 Å². The Kier molecular flexibility index (Phi) is 6.26. The summed E-state index contributed by atoms with van der Waals surface area (Å²) in [6.07, 6.45) is 5.54. The molecule has 1 unspecified atom stereocenters. The molecule has 0 aliphatic carbocycles. The van der Waals surface area contributed by atoms with Crippen LogP contribution in [0.3, 0.4) is 0 Å². The Labute approximate surface area is 95.4 Å². The van der Waals surface area contributed by atoms with E-state index in [2.05, 4.69) is 31.0 Å². The normalized spacial score (nSPS) is 23.6. The third-order valence-corrected chi connectivity index (χ3v) is 3.47. The van der Waals surface area contributed by atoms with E-state index in [1.807, 2.05) is 0 Å². The zero-order valence-corrected chi connectivity index (χ0v) is 10.8. The highest BCUT2D eigenvalue weighted by atomic mass is 15.2. The second kappa shape index (κ2) is 7.24. The van der Waals surface area contributed by atoms with Crippen molar-refractivity contribution in [2.45, 2.75) is 52.5 Å². The maximum Gasteiger partial charge on any atom is 0.0244 e. The summed E-state index contributed by atoms with van der Waals surface area (Å²) in [7, 11) is 0.